The Kier molecular flexibility index (Phi) is 3.81. The van der Waals surface area contributed by atoms with Gasteiger partial charge < -0.3 is 15.3 Å². The van der Waals surface area contributed by atoms with Gasteiger partial charge in [-0.25, -0.2) is 14.6 Å². The number of nitrogens with zero attached hydrogens (tertiary/aromatic N) is 2. The van der Waals surface area contributed by atoms with Crippen molar-refractivity contribution < 1.29 is 14.7 Å². The minimum Gasteiger partial charge on any atom is -0.476 e. The highest BCUT2D eigenvalue weighted by Gasteiger charge is 2.23. The lowest BCUT2D eigenvalue weighted by Crippen LogP contribution is -2.37. The quantitative estimate of drug-likeness (QED) is 0.868. The van der Waals surface area contributed by atoms with Crippen LogP contribution in [0.15, 0.2) is 5.38 Å². The van der Waals surface area contributed by atoms with Crippen LogP contribution in [0.3, 0.4) is 0 Å². The van der Waals surface area contributed by atoms with Gasteiger partial charge in [0, 0.05) is 18.5 Å². The Bertz CT molecular complexity index is 460. The second-order valence-electron chi connectivity index (χ2n) is 4.43. The SMILES string of the molecule is CC1CCN(C(=O)NCc2nc(C(=O)O)cs2)C1. The van der Waals surface area contributed by atoms with Crippen LogP contribution in [0.25, 0.3) is 0 Å². The Morgan fingerprint density at radius 3 is 3.00 bits per heavy atom. The number of nitrogens with one attached hydrogen (secondary N) is 1. The monoisotopic (exact) mass is 269 g/mol. The van der Waals surface area contributed by atoms with Crippen molar-refractivity contribution in [2.75, 3.05) is 13.1 Å². The summed E-state index contributed by atoms with van der Waals surface area (Å²) >= 11 is 1.24. The van der Waals surface area contributed by atoms with Crippen LogP contribution in [0, 0.1) is 5.92 Å². The molecule has 0 aromatic carbocycles. The van der Waals surface area contributed by atoms with E-state index < -0.39 is 5.97 Å². The topological polar surface area (TPSA) is 82.5 Å². The number of likely N-dealkylation sites (tertiary alicyclic amines) is 1. The fraction of sp³-hybridized carbons (Fsp3) is 0.545. The molecule has 1 aliphatic heterocycles. The molecule has 1 fully saturated rings. The molecule has 0 saturated carbocycles. The summed E-state index contributed by atoms with van der Waals surface area (Å²) in [5.41, 5.74) is 0.0269. The van der Waals surface area contributed by atoms with Crippen molar-refractivity contribution in [2.45, 2.75) is 19.9 Å². The summed E-state index contributed by atoms with van der Waals surface area (Å²) in [6, 6.07) is -0.105. The Hall–Kier alpha value is -1.63. The number of carbonyl (C=O) groups excluding carboxylic acids is 1. The molecule has 0 radical (unpaired) electrons. The summed E-state index contributed by atoms with van der Waals surface area (Å²) in [5.74, 6) is -0.494. The van der Waals surface area contributed by atoms with Gasteiger partial charge in [-0.2, -0.15) is 0 Å². The van der Waals surface area contributed by atoms with E-state index in [1.165, 1.54) is 16.7 Å². The predicted octanol–water partition coefficient (Wildman–Crippen LogP) is 1.39. The van der Waals surface area contributed by atoms with Crippen molar-refractivity contribution in [1.82, 2.24) is 15.2 Å². The number of carbonyl (C=O) groups is 2. The second-order valence-corrected chi connectivity index (χ2v) is 5.37. The maximum absolute atomic E-state index is 11.8. The molecular formula is C11H15N3O3S. The molecule has 7 heteroatoms. The maximum Gasteiger partial charge on any atom is 0.355 e. The summed E-state index contributed by atoms with van der Waals surface area (Å²) < 4.78 is 0. The third-order valence-corrected chi connectivity index (χ3v) is 3.72. The van der Waals surface area contributed by atoms with Gasteiger partial charge in [0.05, 0.1) is 6.54 Å². The third-order valence-electron chi connectivity index (χ3n) is 2.87. The standard InChI is InChI=1S/C11H15N3O3S/c1-7-2-3-14(5-7)11(17)12-4-9-13-8(6-18-9)10(15)16/h6-7H,2-5H2,1H3,(H,12,17)(H,15,16). The molecule has 2 heterocycles. The van der Waals surface area contributed by atoms with Gasteiger partial charge in [-0.15, -0.1) is 11.3 Å². The Labute approximate surface area is 109 Å². The molecule has 2 rings (SSSR count). The molecule has 1 atom stereocenters. The molecule has 2 amide bonds. The lowest BCUT2D eigenvalue weighted by Gasteiger charge is -2.16. The molecule has 98 valence electrons. The highest BCUT2D eigenvalue weighted by molar-refractivity contribution is 7.09. The van der Waals surface area contributed by atoms with Crippen LogP contribution in [-0.4, -0.2) is 40.1 Å². The van der Waals surface area contributed by atoms with E-state index >= 15 is 0 Å². The number of amides is 2. The van der Waals surface area contributed by atoms with E-state index in [0.29, 0.717) is 10.9 Å². The van der Waals surface area contributed by atoms with Crippen LogP contribution in [0.4, 0.5) is 4.79 Å². The largest absolute Gasteiger partial charge is 0.476 e. The predicted molar refractivity (Wildman–Crippen MR) is 66.7 cm³/mol. The van der Waals surface area contributed by atoms with Gasteiger partial charge in [0.2, 0.25) is 0 Å². The molecule has 1 aromatic heterocycles. The van der Waals surface area contributed by atoms with E-state index in [1.54, 1.807) is 4.90 Å². The van der Waals surface area contributed by atoms with E-state index in [0.717, 1.165) is 19.5 Å². The van der Waals surface area contributed by atoms with Crippen molar-refractivity contribution in [3.05, 3.63) is 16.1 Å². The van der Waals surface area contributed by atoms with Crippen LogP contribution in [-0.2, 0) is 6.54 Å². The third kappa shape index (κ3) is 2.98. The smallest absolute Gasteiger partial charge is 0.355 e. The number of hydrogen-bond acceptors (Lipinski definition) is 4. The molecule has 0 spiro atoms. The number of carboxylic acid groups (broad SMARTS) is 1. The van der Waals surface area contributed by atoms with Crippen LogP contribution in [0.5, 0.6) is 0 Å². The van der Waals surface area contributed by atoms with Gasteiger partial charge in [0.25, 0.3) is 0 Å². The molecule has 6 nitrogen and oxygen atoms in total. The van der Waals surface area contributed by atoms with Gasteiger partial charge in [0.15, 0.2) is 5.69 Å². The van der Waals surface area contributed by atoms with Gasteiger partial charge in [-0.1, -0.05) is 6.92 Å². The Morgan fingerprint density at radius 2 is 2.44 bits per heavy atom. The van der Waals surface area contributed by atoms with E-state index in [-0.39, 0.29) is 18.3 Å². The van der Waals surface area contributed by atoms with Crippen molar-refractivity contribution in [2.24, 2.45) is 5.92 Å². The number of thiazole rings is 1. The molecule has 1 unspecified atom stereocenters. The number of urea groups is 1. The molecule has 1 saturated heterocycles. The molecule has 1 aliphatic rings. The molecule has 1 aromatic rings. The number of rotatable bonds is 3. The molecule has 0 bridgehead atoms. The maximum atomic E-state index is 11.8. The molecule has 0 aliphatic carbocycles. The summed E-state index contributed by atoms with van der Waals surface area (Å²) in [6.07, 6.45) is 1.04. The van der Waals surface area contributed by atoms with Crippen LogP contribution in [0.2, 0.25) is 0 Å². The lowest BCUT2D eigenvalue weighted by atomic mass is 10.2. The summed E-state index contributed by atoms with van der Waals surface area (Å²) in [7, 11) is 0. The zero-order valence-electron chi connectivity index (χ0n) is 10.0. The number of carboxylic acids is 1. The minimum atomic E-state index is -1.04. The first-order valence-electron chi connectivity index (χ1n) is 5.76. The fourth-order valence-electron chi connectivity index (χ4n) is 1.87. The van der Waals surface area contributed by atoms with Crippen molar-refractivity contribution in [1.29, 1.82) is 0 Å². The average Bonchev–Trinajstić information content (AvgIpc) is 2.94. The summed E-state index contributed by atoms with van der Waals surface area (Å²) in [5, 5.41) is 13.6. The van der Waals surface area contributed by atoms with Crippen LogP contribution < -0.4 is 5.32 Å². The first kappa shape index (κ1) is 12.8. The van der Waals surface area contributed by atoms with Crippen LogP contribution >= 0.6 is 11.3 Å². The number of aromatic nitrogens is 1. The zero-order valence-corrected chi connectivity index (χ0v) is 10.9. The highest BCUT2D eigenvalue weighted by Crippen LogP contribution is 2.15. The van der Waals surface area contributed by atoms with Crippen molar-refractivity contribution in [3.63, 3.8) is 0 Å². The van der Waals surface area contributed by atoms with Gasteiger partial charge in [0.1, 0.15) is 5.01 Å². The van der Waals surface area contributed by atoms with E-state index in [9.17, 15) is 9.59 Å². The summed E-state index contributed by atoms with van der Waals surface area (Å²) in [4.78, 5) is 28.1. The Balaban J connectivity index is 1.83. The normalized spacial score (nSPS) is 18.9. The molecule has 2 N–H and O–H groups in total. The van der Waals surface area contributed by atoms with Crippen LogP contribution in [0.1, 0.15) is 28.8 Å². The fourth-order valence-corrected chi connectivity index (χ4v) is 2.58. The lowest BCUT2D eigenvalue weighted by molar-refractivity contribution is 0.0691. The van der Waals surface area contributed by atoms with Crippen molar-refractivity contribution >= 4 is 23.3 Å². The average molecular weight is 269 g/mol. The first-order chi connectivity index (χ1) is 8.56. The molecule has 18 heavy (non-hydrogen) atoms. The second kappa shape index (κ2) is 5.34. The van der Waals surface area contributed by atoms with Gasteiger partial charge in [-0.05, 0) is 12.3 Å². The number of aromatic carboxylic acids is 1. The van der Waals surface area contributed by atoms with E-state index in [1.807, 2.05) is 0 Å². The van der Waals surface area contributed by atoms with Crippen molar-refractivity contribution in [3.8, 4) is 0 Å². The Morgan fingerprint density at radius 1 is 1.67 bits per heavy atom. The highest BCUT2D eigenvalue weighted by atomic mass is 32.1. The van der Waals surface area contributed by atoms with E-state index in [4.69, 9.17) is 5.11 Å². The number of hydrogen-bond donors (Lipinski definition) is 2. The van der Waals surface area contributed by atoms with Gasteiger partial charge in [-0.3, -0.25) is 0 Å². The molecular weight excluding hydrogens is 254 g/mol. The van der Waals surface area contributed by atoms with E-state index in [2.05, 4.69) is 17.2 Å². The first-order valence-corrected chi connectivity index (χ1v) is 6.64. The van der Waals surface area contributed by atoms with Gasteiger partial charge >= 0.3 is 12.0 Å². The summed E-state index contributed by atoms with van der Waals surface area (Å²) in [6.45, 7) is 3.96. The minimum absolute atomic E-state index is 0.0269. The zero-order chi connectivity index (χ0) is 13.1.